The predicted octanol–water partition coefficient (Wildman–Crippen LogP) is 1.95. The van der Waals surface area contributed by atoms with Gasteiger partial charge in [0, 0.05) is 12.1 Å². The highest BCUT2D eigenvalue weighted by Crippen LogP contribution is 2.07. The quantitative estimate of drug-likeness (QED) is 0.748. The van der Waals surface area contributed by atoms with Crippen molar-refractivity contribution in [2.24, 2.45) is 0 Å². The van der Waals surface area contributed by atoms with E-state index in [0.29, 0.717) is 6.04 Å². The summed E-state index contributed by atoms with van der Waals surface area (Å²) in [6.07, 6.45) is 12.1. The third-order valence-electron chi connectivity index (χ3n) is 2.02. The summed E-state index contributed by atoms with van der Waals surface area (Å²) in [6.45, 7) is 0. The first kappa shape index (κ1) is 8.10. The van der Waals surface area contributed by atoms with E-state index in [4.69, 9.17) is 4.52 Å². The molecule has 0 bridgehead atoms. The molecule has 0 aliphatic carbocycles. The van der Waals surface area contributed by atoms with E-state index in [9.17, 15) is 0 Å². The van der Waals surface area contributed by atoms with Gasteiger partial charge in [-0.2, -0.15) is 0 Å². The van der Waals surface area contributed by atoms with Crippen LogP contribution in [0.5, 0.6) is 0 Å². The summed E-state index contributed by atoms with van der Waals surface area (Å²) in [4.78, 5) is 0. The van der Waals surface area contributed by atoms with Crippen LogP contribution in [0.1, 0.15) is 18.6 Å². The van der Waals surface area contributed by atoms with E-state index in [1.165, 1.54) is 0 Å². The second kappa shape index (κ2) is 3.94. The molecular weight excluding hydrogens is 164 g/mol. The van der Waals surface area contributed by atoms with Gasteiger partial charge >= 0.3 is 0 Å². The lowest BCUT2D eigenvalue weighted by Gasteiger charge is -2.15. The molecule has 1 unspecified atom stereocenters. The summed E-state index contributed by atoms with van der Waals surface area (Å²) in [7, 11) is 0. The molecule has 68 valence electrons. The maximum absolute atomic E-state index is 4.94. The molecule has 0 saturated carbocycles. The summed E-state index contributed by atoms with van der Waals surface area (Å²) < 4.78 is 4.94. The fourth-order valence-electron chi connectivity index (χ4n) is 1.31. The molecule has 0 aromatic carbocycles. The smallest absolute Gasteiger partial charge is 0.159 e. The fraction of sp³-hybridized carbons (Fsp3) is 0.300. The summed E-state index contributed by atoms with van der Waals surface area (Å²) >= 11 is 0. The summed E-state index contributed by atoms with van der Waals surface area (Å²) in [6, 6.07) is 2.27. The van der Waals surface area contributed by atoms with Crippen LogP contribution in [-0.4, -0.2) is 11.2 Å². The van der Waals surface area contributed by atoms with Gasteiger partial charge in [0.25, 0.3) is 0 Å². The first-order chi connectivity index (χ1) is 6.45. The molecule has 13 heavy (non-hydrogen) atoms. The molecule has 0 fully saturated rings. The normalized spacial score (nSPS) is 22.0. The van der Waals surface area contributed by atoms with Gasteiger partial charge in [-0.3, -0.25) is 0 Å². The van der Waals surface area contributed by atoms with E-state index < -0.39 is 0 Å². The summed E-state index contributed by atoms with van der Waals surface area (Å²) in [5.41, 5.74) is 0. The molecule has 3 nitrogen and oxygen atoms in total. The summed E-state index contributed by atoms with van der Waals surface area (Å²) in [5.74, 6) is 0.802. The van der Waals surface area contributed by atoms with E-state index in [-0.39, 0.29) is 0 Å². The Morgan fingerprint density at radius 2 is 2.62 bits per heavy atom. The highest BCUT2D eigenvalue weighted by molar-refractivity contribution is 5.42. The molecule has 1 aromatic heterocycles. The maximum atomic E-state index is 4.94. The topological polar surface area (TPSA) is 38.1 Å². The second-order valence-electron chi connectivity index (χ2n) is 3.03. The Labute approximate surface area is 77.1 Å². The zero-order chi connectivity index (χ0) is 8.93. The molecule has 2 heterocycles. The van der Waals surface area contributed by atoms with E-state index in [0.717, 1.165) is 18.6 Å². The number of rotatable bonds is 2. The van der Waals surface area contributed by atoms with Crippen LogP contribution < -0.4 is 5.32 Å². The Bertz CT molecular complexity index is 301. The number of allylic oxidation sites excluding steroid dienone is 1. The first-order valence-electron chi connectivity index (χ1n) is 4.45. The van der Waals surface area contributed by atoms with Gasteiger partial charge in [0.2, 0.25) is 0 Å². The van der Waals surface area contributed by atoms with Gasteiger partial charge in [-0.15, -0.1) is 0 Å². The second-order valence-corrected chi connectivity index (χ2v) is 3.03. The van der Waals surface area contributed by atoms with Gasteiger partial charge < -0.3 is 9.84 Å². The largest absolute Gasteiger partial charge is 0.385 e. The van der Waals surface area contributed by atoms with Crippen molar-refractivity contribution in [2.45, 2.75) is 18.9 Å². The summed E-state index contributed by atoms with van der Waals surface area (Å²) in [5, 5.41) is 6.88. The lowest BCUT2D eigenvalue weighted by molar-refractivity contribution is 0.412. The minimum atomic E-state index is 0.426. The van der Waals surface area contributed by atoms with E-state index >= 15 is 0 Å². The van der Waals surface area contributed by atoms with Crippen molar-refractivity contribution in [3.8, 4) is 0 Å². The van der Waals surface area contributed by atoms with Crippen LogP contribution in [0.3, 0.4) is 0 Å². The van der Waals surface area contributed by atoms with Crippen molar-refractivity contribution in [2.75, 3.05) is 0 Å². The van der Waals surface area contributed by atoms with Crippen molar-refractivity contribution >= 4 is 6.08 Å². The minimum absolute atomic E-state index is 0.426. The monoisotopic (exact) mass is 176 g/mol. The Hall–Kier alpha value is -1.51. The third kappa shape index (κ3) is 2.21. The number of aromatic nitrogens is 1. The lowest BCUT2D eigenvalue weighted by Crippen LogP contribution is -2.23. The molecule has 1 aromatic rings. The van der Waals surface area contributed by atoms with Crippen LogP contribution in [0.25, 0.3) is 6.08 Å². The van der Waals surface area contributed by atoms with Crippen LogP contribution >= 0.6 is 0 Å². The fourth-order valence-corrected chi connectivity index (χ4v) is 1.31. The van der Waals surface area contributed by atoms with E-state index in [1.54, 1.807) is 6.20 Å². The van der Waals surface area contributed by atoms with Crippen LogP contribution in [0.15, 0.2) is 35.1 Å². The van der Waals surface area contributed by atoms with Crippen LogP contribution in [0, 0.1) is 0 Å². The van der Waals surface area contributed by atoms with Crippen molar-refractivity contribution in [1.29, 1.82) is 0 Å². The van der Waals surface area contributed by atoms with Gasteiger partial charge in [0.15, 0.2) is 5.76 Å². The van der Waals surface area contributed by atoms with Gasteiger partial charge in [-0.25, -0.2) is 0 Å². The number of hydrogen-bond acceptors (Lipinski definition) is 3. The Morgan fingerprint density at radius 1 is 1.62 bits per heavy atom. The molecule has 1 N–H and O–H groups in total. The maximum Gasteiger partial charge on any atom is 0.159 e. The number of hydrogen-bond donors (Lipinski definition) is 1. The van der Waals surface area contributed by atoms with Crippen molar-refractivity contribution in [3.63, 3.8) is 0 Å². The van der Waals surface area contributed by atoms with Crippen molar-refractivity contribution in [1.82, 2.24) is 10.5 Å². The van der Waals surface area contributed by atoms with Gasteiger partial charge in [-0.1, -0.05) is 17.3 Å². The Morgan fingerprint density at radius 3 is 3.31 bits per heavy atom. The average Bonchev–Trinajstić information content (AvgIpc) is 2.69. The number of nitrogens with one attached hydrogen (secondary N) is 1. The molecule has 0 amide bonds. The van der Waals surface area contributed by atoms with Gasteiger partial charge in [-0.05, 0) is 25.1 Å². The minimum Gasteiger partial charge on any atom is -0.385 e. The lowest BCUT2D eigenvalue weighted by atomic mass is 10.1. The van der Waals surface area contributed by atoms with Gasteiger partial charge in [0.05, 0.1) is 6.20 Å². The van der Waals surface area contributed by atoms with E-state index in [1.807, 2.05) is 18.3 Å². The van der Waals surface area contributed by atoms with E-state index in [2.05, 4.69) is 22.6 Å². The highest BCUT2D eigenvalue weighted by atomic mass is 16.5. The molecule has 1 aliphatic rings. The highest BCUT2D eigenvalue weighted by Gasteiger charge is 2.03. The Balaban J connectivity index is 1.93. The van der Waals surface area contributed by atoms with Crippen molar-refractivity contribution in [3.05, 3.63) is 36.4 Å². The molecule has 3 heteroatoms. The predicted molar refractivity (Wildman–Crippen MR) is 50.8 cm³/mol. The third-order valence-corrected chi connectivity index (χ3v) is 2.02. The Kier molecular flexibility index (Phi) is 2.45. The zero-order valence-corrected chi connectivity index (χ0v) is 7.31. The molecule has 1 atom stereocenters. The molecule has 0 saturated heterocycles. The first-order valence-corrected chi connectivity index (χ1v) is 4.45. The van der Waals surface area contributed by atoms with Crippen molar-refractivity contribution < 1.29 is 4.52 Å². The van der Waals surface area contributed by atoms with Crippen LogP contribution in [-0.2, 0) is 0 Å². The van der Waals surface area contributed by atoms with Crippen LogP contribution in [0.4, 0.5) is 0 Å². The molecular formula is C10H12N2O. The zero-order valence-electron chi connectivity index (χ0n) is 7.31. The molecule has 0 spiro atoms. The molecule has 2 rings (SSSR count). The molecule has 0 radical (unpaired) electrons. The number of nitrogens with zero attached hydrogens (tertiary/aromatic N) is 1. The molecule has 1 aliphatic heterocycles. The standard InChI is InChI=1S/C10H12N2O/c1-2-7-11-9(3-1)4-5-10-6-8-12-13-10/h2,4-9,11H,1,3H2. The van der Waals surface area contributed by atoms with Gasteiger partial charge in [0.1, 0.15) is 0 Å². The average molecular weight is 176 g/mol. The van der Waals surface area contributed by atoms with Crippen LogP contribution in [0.2, 0.25) is 0 Å². The SMILES string of the molecule is C1=CNC(C=Cc2ccno2)CC1.